The average molecular weight is 347 g/mol. The predicted octanol–water partition coefficient (Wildman–Crippen LogP) is 3.32. The van der Waals surface area contributed by atoms with Gasteiger partial charge >= 0.3 is 0 Å². The van der Waals surface area contributed by atoms with Gasteiger partial charge in [0, 0.05) is 23.6 Å². The lowest BCUT2D eigenvalue weighted by molar-refractivity contribution is -0.118. The molecule has 0 unspecified atom stereocenters. The van der Waals surface area contributed by atoms with E-state index in [4.69, 9.17) is 4.74 Å². The van der Waals surface area contributed by atoms with Crippen LogP contribution in [0.4, 0.5) is 5.69 Å². The minimum absolute atomic E-state index is 0.111. The number of anilines is 1. The van der Waals surface area contributed by atoms with Crippen LogP contribution < -0.4 is 10.1 Å². The molecule has 3 rings (SSSR count). The van der Waals surface area contributed by atoms with Crippen LogP contribution in [0.3, 0.4) is 0 Å². The van der Waals surface area contributed by atoms with Gasteiger partial charge in [-0.25, -0.2) is 4.98 Å². The second-order valence-corrected chi connectivity index (χ2v) is 5.40. The van der Waals surface area contributed by atoms with Gasteiger partial charge in [0.25, 0.3) is 5.91 Å². The Morgan fingerprint density at radius 1 is 1.08 bits per heavy atom. The molecule has 26 heavy (non-hydrogen) atoms. The van der Waals surface area contributed by atoms with Crippen molar-refractivity contribution in [3.63, 3.8) is 0 Å². The zero-order valence-corrected chi connectivity index (χ0v) is 13.9. The third-order valence-electron chi connectivity index (χ3n) is 3.48. The van der Waals surface area contributed by atoms with Gasteiger partial charge < -0.3 is 15.0 Å². The van der Waals surface area contributed by atoms with Crippen LogP contribution in [0.5, 0.6) is 5.75 Å². The number of ether oxygens (including phenoxy) is 1. The molecule has 3 aromatic rings. The summed E-state index contributed by atoms with van der Waals surface area (Å²) < 4.78 is 5.44. The summed E-state index contributed by atoms with van der Waals surface area (Å²) in [6, 6.07) is 15.8. The second-order valence-electron chi connectivity index (χ2n) is 5.40. The van der Waals surface area contributed by atoms with Crippen molar-refractivity contribution in [1.29, 1.82) is 0 Å². The van der Waals surface area contributed by atoms with Gasteiger partial charge in [-0.3, -0.25) is 9.59 Å². The minimum Gasteiger partial charge on any atom is -0.484 e. The van der Waals surface area contributed by atoms with Crippen LogP contribution in [0, 0.1) is 0 Å². The number of hydrogen-bond acceptors (Lipinski definition) is 4. The third kappa shape index (κ3) is 4.91. The van der Waals surface area contributed by atoms with E-state index in [0.717, 1.165) is 0 Å². The number of nitrogens with zero attached hydrogens (tertiary/aromatic N) is 1. The van der Waals surface area contributed by atoms with Gasteiger partial charge in [-0.1, -0.05) is 18.2 Å². The molecule has 0 aliphatic heterocycles. The zero-order valence-electron chi connectivity index (χ0n) is 13.9. The summed E-state index contributed by atoms with van der Waals surface area (Å²) in [6.45, 7) is -0.111. The number of allylic oxidation sites excluding steroid dienone is 1. The normalized spacial score (nSPS) is 10.6. The smallest absolute Gasteiger partial charge is 0.262 e. The van der Waals surface area contributed by atoms with E-state index < -0.39 is 0 Å². The first-order valence-corrected chi connectivity index (χ1v) is 8.00. The number of hydrogen-bond donors (Lipinski definition) is 2. The highest BCUT2D eigenvalue weighted by Gasteiger charge is 2.05. The first-order valence-electron chi connectivity index (χ1n) is 8.00. The molecule has 0 spiro atoms. The SMILES string of the molecule is O=C(COc1ccc(C(=O)C=Cc2ncc[nH]2)cc1)Nc1ccccc1. The Morgan fingerprint density at radius 3 is 2.54 bits per heavy atom. The molecule has 0 fully saturated rings. The van der Waals surface area contributed by atoms with E-state index in [1.165, 1.54) is 6.08 Å². The number of ketones is 1. The van der Waals surface area contributed by atoms with E-state index in [-0.39, 0.29) is 18.3 Å². The van der Waals surface area contributed by atoms with Crippen LogP contribution in [0.2, 0.25) is 0 Å². The van der Waals surface area contributed by atoms with Crippen LogP contribution in [0.25, 0.3) is 6.08 Å². The maximum absolute atomic E-state index is 12.1. The number of aromatic amines is 1. The van der Waals surface area contributed by atoms with E-state index >= 15 is 0 Å². The predicted molar refractivity (Wildman–Crippen MR) is 99.0 cm³/mol. The molecule has 1 amide bonds. The summed E-state index contributed by atoms with van der Waals surface area (Å²) in [5.41, 5.74) is 1.24. The Kier molecular flexibility index (Phi) is 5.57. The van der Waals surface area contributed by atoms with Crippen molar-refractivity contribution in [3.05, 3.63) is 84.5 Å². The number of H-pyrrole nitrogens is 1. The van der Waals surface area contributed by atoms with Gasteiger partial charge in [0.05, 0.1) is 0 Å². The summed E-state index contributed by atoms with van der Waals surface area (Å²) in [6.07, 6.45) is 6.36. The van der Waals surface area contributed by atoms with Gasteiger partial charge in [-0.2, -0.15) is 0 Å². The lowest BCUT2D eigenvalue weighted by Crippen LogP contribution is -2.20. The first-order chi connectivity index (χ1) is 12.7. The molecule has 0 bridgehead atoms. The number of rotatable bonds is 7. The van der Waals surface area contributed by atoms with Gasteiger partial charge in [-0.15, -0.1) is 0 Å². The fraction of sp³-hybridized carbons (Fsp3) is 0.0500. The maximum Gasteiger partial charge on any atom is 0.262 e. The molecule has 0 saturated carbocycles. The number of aromatic nitrogens is 2. The molecule has 6 nitrogen and oxygen atoms in total. The first kappa shape index (κ1) is 17.2. The number of carbonyl (C=O) groups excluding carboxylic acids is 2. The lowest BCUT2D eigenvalue weighted by Gasteiger charge is -2.07. The quantitative estimate of drug-likeness (QED) is 0.507. The van der Waals surface area contributed by atoms with Gasteiger partial charge in [-0.05, 0) is 48.6 Å². The topological polar surface area (TPSA) is 84.1 Å². The molecule has 0 radical (unpaired) electrons. The van der Waals surface area contributed by atoms with E-state index in [9.17, 15) is 9.59 Å². The van der Waals surface area contributed by atoms with Crippen LogP contribution in [-0.4, -0.2) is 28.3 Å². The number of benzene rings is 2. The summed E-state index contributed by atoms with van der Waals surface area (Å²) in [5, 5.41) is 2.74. The van der Waals surface area contributed by atoms with Crippen LogP contribution in [0.1, 0.15) is 16.2 Å². The largest absolute Gasteiger partial charge is 0.484 e. The zero-order chi connectivity index (χ0) is 18.2. The highest BCUT2D eigenvalue weighted by atomic mass is 16.5. The monoisotopic (exact) mass is 347 g/mol. The highest BCUT2D eigenvalue weighted by Crippen LogP contribution is 2.13. The van der Waals surface area contributed by atoms with Crippen LogP contribution in [0.15, 0.2) is 73.1 Å². The number of nitrogens with one attached hydrogen (secondary N) is 2. The third-order valence-corrected chi connectivity index (χ3v) is 3.48. The van der Waals surface area contributed by atoms with Crippen molar-refractivity contribution >= 4 is 23.5 Å². The Morgan fingerprint density at radius 2 is 1.85 bits per heavy atom. The molecule has 1 aromatic heterocycles. The molecular formula is C20H17N3O3. The molecule has 0 atom stereocenters. The fourth-order valence-electron chi connectivity index (χ4n) is 2.20. The van der Waals surface area contributed by atoms with E-state index in [1.807, 2.05) is 18.2 Å². The molecule has 2 N–H and O–H groups in total. The molecule has 6 heteroatoms. The molecule has 1 heterocycles. The summed E-state index contributed by atoms with van der Waals surface area (Å²) >= 11 is 0. The van der Waals surface area contributed by atoms with Gasteiger partial charge in [0.2, 0.25) is 0 Å². The summed E-state index contributed by atoms with van der Waals surface area (Å²) in [7, 11) is 0. The van der Waals surface area contributed by atoms with Gasteiger partial charge in [0.15, 0.2) is 12.4 Å². The summed E-state index contributed by atoms with van der Waals surface area (Å²) in [5.74, 6) is 0.731. The maximum atomic E-state index is 12.1. The van der Waals surface area contributed by atoms with Crippen LogP contribution in [-0.2, 0) is 4.79 Å². The summed E-state index contributed by atoms with van der Waals surface area (Å²) in [4.78, 5) is 30.8. The van der Waals surface area contributed by atoms with Crippen molar-refractivity contribution in [2.45, 2.75) is 0 Å². The molecule has 2 aromatic carbocycles. The van der Waals surface area contributed by atoms with Crippen molar-refractivity contribution in [2.24, 2.45) is 0 Å². The van der Waals surface area contributed by atoms with E-state index in [2.05, 4.69) is 15.3 Å². The molecule has 0 saturated heterocycles. The Bertz CT molecular complexity index is 886. The lowest BCUT2D eigenvalue weighted by atomic mass is 10.1. The average Bonchev–Trinajstić information content (AvgIpc) is 3.19. The van der Waals surface area contributed by atoms with Crippen molar-refractivity contribution in [1.82, 2.24) is 9.97 Å². The molecule has 130 valence electrons. The van der Waals surface area contributed by atoms with E-state index in [0.29, 0.717) is 22.8 Å². The number of para-hydroxylation sites is 1. The van der Waals surface area contributed by atoms with Crippen molar-refractivity contribution < 1.29 is 14.3 Å². The van der Waals surface area contributed by atoms with Crippen molar-refractivity contribution in [2.75, 3.05) is 11.9 Å². The molecule has 0 aliphatic rings. The van der Waals surface area contributed by atoms with Crippen LogP contribution >= 0.6 is 0 Å². The molecular weight excluding hydrogens is 330 g/mol. The highest BCUT2D eigenvalue weighted by molar-refractivity contribution is 6.06. The number of imidazole rings is 1. The number of amides is 1. The van der Waals surface area contributed by atoms with E-state index in [1.54, 1.807) is 54.9 Å². The molecule has 0 aliphatic carbocycles. The Balaban J connectivity index is 1.51. The van der Waals surface area contributed by atoms with Gasteiger partial charge in [0.1, 0.15) is 11.6 Å². The van der Waals surface area contributed by atoms with Crippen molar-refractivity contribution in [3.8, 4) is 5.75 Å². The fourth-order valence-corrected chi connectivity index (χ4v) is 2.20. The second kappa shape index (κ2) is 8.43. The number of carbonyl (C=O) groups is 2. The Hall–Kier alpha value is -3.67. The Labute approximate surface area is 150 Å². The standard InChI is InChI=1S/C20H17N3O3/c24-18(10-11-19-21-12-13-22-19)15-6-8-17(9-7-15)26-14-20(25)23-16-4-2-1-3-5-16/h1-13H,14H2,(H,21,22)(H,23,25). The minimum atomic E-state index is -0.252.